The van der Waals surface area contributed by atoms with E-state index < -0.39 is 10.7 Å². The summed E-state index contributed by atoms with van der Waals surface area (Å²) in [5.41, 5.74) is 7.70. The molecule has 1 aromatic carbocycles. The normalized spacial score (nSPS) is 8.86. The SMILES string of the molecule is [N-]=[N+]=CC(=O)c1ccccc1[N+](=O)[O-]. The summed E-state index contributed by atoms with van der Waals surface area (Å²) in [4.78, 5) is 23.5. The van der Waals surface area contributed by atoms with Crippen molar-refractivity contribution in [2.75, 3.05) is 0 Å². The number of carbonyl (C=O) groups excluding carboxylic acids is 1. The van der Waals surface area contributed by atoms with Gasteiger partial charge in [0.25, 0.3) is 11.5 Å². The van der Waals surface area contributed by atoms with Crippen LogP contribution in [0.5, 0.6) is 0 Å². The highest BCUT2D eigenvalue weighted by Crippen LogP contribution is 2.17. The molecule has 0 unspecified atom stereocenters. The second kappa shape index (κ2) is 4.06. The second-order valence-corrected chi connectivity index (χ2v) is 2.38. The molecule has 0 atom stereocenters. The van der Waals surface area contributed by atoms with Crippen LogP contribution < -0.4 is 0 Å². The number of Topliss-reactive ketones (excluding diaryl/α,β-unsaturated/α-hetero) is 1. The molecule has 0 fully saturated rings. The zero-order valence-corrected chi connectivity index (χ0v) is 6.95. The van der Waals surface area contributed by atoms with Crippen molar-refractivity contribution in [3.05, 3.63) is 45.5 Å². The van der Waals surface area contributed by atoms with Gasteiger partial charge in [0.15, 0.2) is 0 Å². The molecule has 0 saturated carbocycles. The summed E-state index contributed by atoms with van der Waals surface area (Å²) in [6.07, 6.45) is 0.613. The van der Waals surface area contributed by atoms with Crippen LogP contribution in [0, 0.1) is 10.1 Å². The van der Waals surface area contributed by atoms with Crippen LogP contribution in [0.1, 0.15) is 10.4 Å². The average molecular weight is 191 g/mol. The van der Waals surface area contributed by atoms with Crippen molar-refractivity contribution in [3.63, 3.8) is 0 Å². The van der Waals surface area contributed by atoms with Gasteiger partial charge in [0.1, 0.15) is 5.56 Å². The number of para-hydroxylation sites is 1. The lowest BCUT2D eigenvalue weighted by Gasteiger charge is -1.94. The van der Waals surface area contributed by atoms with Crippen LogP contribution in [-0.2, 0) is 0 Å². The van der Waals surface area contributed by atoms with E-state index >= 15 is 0 Å². The Labute approximate surface area is 78.6 Å². The van der Waals surface area contributed by atoms with Crippen LogP contribution in [0.2, 0.25) is 0 Å². The molecule has 0 amide bonds. The number of nitro benzene ring substituents is 1. The lowest BCUT2D eigenvalue weighted by atomic mass is 10.1. The Kier molecular flexibility index (Phi) is 2.83. The van der Waals surface area contributed by atoms with E-state index in [9.17, 15) is 14.9 Å². The molecule has 1 rings (SSSR count). The first kappa shape index (κ1) is 9.76. The summed E-state index contributed by atoms with van der Waals surface area (Å²) in [6, 6.07) is 5.44. The van der Waals surface area contributed by atoms with E-state index in [1.54, 1.807) is 0 Å². The first-order valence-corrected chi connectivity index (χ1v) is 3.62. The standard InChI is InChI=1S/C8H5N3O3/c9-10-5-8(12)6-3-1-2-4-7(6)11(13)14/h1-5H. The minimum atomic E-state index is -0.709. The van der Waals surface area contributed by atoms with Gasteiger partial charge in [-0.15, -0.1) is 0 Å². The number of ketones is 1. The van der Waals surface area contributed by atoms with E-state index in [-0.39, 0.29) is 11.3 Å². The fourth-order valence-corrected chi connectivity index (χ4v) is 0.963. The fourth-order valence-electron chi connectivity index (χ4n) is 0.963. The zero-order chi connectivity index (χ0) is 10.6. The maximum absolute atomic E-state index is 11.2. The monoisotopic (exact) mass is 191 g/mol. The Morgan fingerprint density at radius 3 is 2.71 bits per heavy atom. The van der Waals surface area contributed by atoms with Crippen LogP contribution in [0.4, 0.5) is 5.69 Å². The van der Waals surface area contributed by atoms with Gasteiger partial charge >= 0.3 is 6.21 Å². The molecule has 0 heterocycles. The summed E-state index contributed by atoms with van der Waals surface area (Å²) >= 11 is 0. The molecule has 14 heavy (non-hydrogen) atoms. The molecule has 1 aromatic rings. The molecule has 0 saturated heterocycles. The fraction of sp³-hybridized carbons (Fsp3) is 0. The van der Waals surface area contributed by atoms with Crippen molar-refractivity contribution in [3.8, 4) is 0 Å². The van der Waals surface area contributed by atoms with Gasteiger partial charge in [0.2, 0.25) is 0 Å². The van der Waals surface area contributed by atoms with E-state index in [1.165, 1.54) is 24.3 Å². The predicted octanol–water partition coefficient (Wildman–Crippen LogP) is 1.08. The summed E-state index contributed by atoms with van der Waals surface area (Å²) in [7, 11) is 0. The molecular formula is C8H5N3O3. The van der Waals surface area contributed by atoms with Crippen molar-refractivity contribution in [1.82, 2.24) is 0 Å². The molecule has 0 aliphatic rings. The highest BCUT2D eigenvalue weighted by Gasteiger charge is 2.19. The quantitative estimate of drug-likeness (QED) is 0.178. The van der Waals surface area contributed by atoms with Crippen molar-refractivity contribution in [1.29, 1.82) is 0 Å². The van der Waals surface area contributed by atoms with E-state index in [0.29, 0.717) is 6.21 Å². The molecule has 6 nitrogen and oxygen atoms in total. The minimum Gasteiger partial charge on any atom is -0.361 e. The summed E-state index contributed by atoms with van der Waals surface area (Å²) in [5.74, 6) is -0.709. The summed E-state index contributed by atoms with van der Waals surface area (Å²) in [5, 5.41) is 10.5. The average Bonchev–Trinajstić information content (AvgIpc) is 2.18. The Balaban J connectivity index is 3.26. The minimum absolute atomic E-state index is 0.102. The maximum atomic E-state index is 11.2. The third-order valence-electron chi connectivity index (χ3n) is 1.54. The largest absolute Gasteiger partial charge is 0.361 e. The van der Waals surface area contributed by atoms with Gasteiger partial charge in [-0.05, 0) is 6.07 Å². The van der Waals surface area contributed by atoms with Gasteiger partial charge in [-0.25, -0.2) is 0 Å². The van der Waals surface area contributed by atoms with E-state index in [0.717, 1.165) is 0 Å². The van der Waals surface area contributed by atoms with Gasteiger partial charge in [0, 0.05) is 6.07 Å². The Morgan fingerprint density at radius 1 is 1.50 bits per heavy atom. The molecule has 0 aliphatic heterocycles. The molecule has 70 valence electrons. The first-order valence-electron chi connectivity index (χ1n) is 3.62. The molecule has 0 bridgehead atoms. The van der Waals surface area contributed by atoms with Crippen LogP contribution in [0.25, 0.3) is 5.53 Å². The summed E-state index contributed by atoms with van der Waals surface area (Å²) < 4.78 is 0. The highest BCUT2D eigenvalue weighted by molar-refractivity contribution is 6.34. The van der Waals surface area contributed by atoms with Gasteiger partial charge in [-0.3, -0.25) is 14.9 Å². The van der Waals surface area contributed by atoms with Gasteiger partial charge in [0.05, 0.1) is 4.92 Å². The smallest absolute Gasteiger partial charge is 0.328 e. The number of hydrogen-bond acceptors (Lipinski definition) is 3. The number of benzene rings is 1. The summed E-state index contributed by atoms with van der Waals surface area (Å²) in [6.45, 7) is 0. The second-order valence-electron chi connectivity index (χ2n) is 2.38. The van der Waals surface area contributed by atoms with Crippen LogP contribution >= 0.6 is 0 Å². The molecule has 0 N–H and O–H groups in total. The first-order chi connectivity index (χ1) is 6.66. The van der Waals surface area contributed by atoms with E-state index in [4.69, 9.17) is 5.53 Å². The number of nitrogens with zero attached hydrogens (tertiary/aromatic N) is 3. The lowest BCUT2D eigenvalue weighted by molar-refractivity contribution is -0.385. The third kappa shape index (κ3) is 1.88. The lowest BCUT2D eigenvalue weighted by Crippen LogP contribution is -2.04. The van der Waals surface area contributed by atoms with Crippen molar-refractivity contribution in [2.24, 2.45) is 0 Å². The molecule has 6 heteroatoms. The molecule has 0 spiro atoms. The Morgan fingerprint density at radius 2 is 2.14 bits per heavy atom. The molecular weight excluding hydrogens is 186 g/mol. The topological polar surface area (TPSA) is 96.6 Å². The van der Waals surface area contributed by atoms with Gasteiger partial charge in [-0.2, -0.15) is 4.79 Å². The van der Waals surface area contributed by atoms with Crippen molar-refractivity contribution in [2.45, 2.75) is 0 Å². The molecule has 0 radical (unpaired) electrons. The van der Waals surface area contributed by atoms with E-state index in [2.05, 4.69) is 4.79 Å². The van der Waals surface area contributed by atoms with Crippen LogP contribution in [-0.4, -0.2) is 21.7 Å². The number of rotatable bonds is 3. The van der Waals surface area contributed by atoms with Crippen molar-refractivity contribution >= 4 is 17.7 Å². The third-order valence-corrected chi connectivity index (χ3v) is 1.54. The van der Waals surface area contributed by atoms with Gasteiger partial charge < -0.3 is 5.53 Å². The number of nitro groups is 1. The predicted molar refractivity (Wildman–Crippen MR) is 47.1 cm³/mol. The van der Waals surface area contributed by atoms with Crippen LogP contribution in [0.3, 0.4) is 0 Å². The van der Waals surface area contributed by atoms with Crippen LogP contribution in [0.15, 0.2) is 24.3 Å². The number of carbonyl (C=O) groups is 1. The maximum Gasteiger partial charge on any atom is 0.328 e. The van der Waals surface area contributed by atoms with Crippen molar-refractivity contribution < 1.29 is 14.5 Å². The highest BCUT2D eigenvalue weighted by atomic mass is 16.6. The molecule has 0 aliphatic carbocycles. The molecule has 0 aromatic heterocycles. The Bertz CT molecular complexity index is 435. The number of hydrogen-bond donors (Lipinski definition) is 0. The zero-order valence-electron chi connectivity index (χ0n) is 6.95. The van der Waals surface area contributed by atoms with E-state index in [1.807, 2.05) is 0 Å². The van der Waals surface area contributed by atoms with Gasteiger partial charge in [-0.1, -0.05) is 12.1 Å². The Hall–Kier alpha value is -2.33.